The highest BCUT2D eigenvalue weighted by atomic mass is 16.4. The molecule has 0 unspecified atom stereocenters. The minimum Gasteiger partial charge on any atom is -0.480 e. The van der Waals surface area contributed by atoms with E-state index in [1.54, 1.807) is 0 Å². The van der Waals surface area contributed by atoms with E-state index in [9.17, 15) is 9.59 Å². The Bertz CT molecular complexity index is 422. The molecule has 0 saturated heterocycles. The fourth-order valence-electron chi connectivity index (χ4n) is 1.72. The molecule has 1 rings (SSSR count). The molecular weight excluding hydrogens is 232 g/mol. The van der Waals surface area contributed by atoms with Crippen LogP contribution in [0.4, 0.5) is 10.5 Å². The predicted molar refractivity (Wildman–Crippen MR) is 69.9 cm³/mol. The minimum atomic E-state index is -1.07. The van der Waals surface area contributed by atoms with Gasteiger partial charge in [0.2, 0.25) is 0 Å². The van der Waals surface area contributed by atoms with Gasteiger partial charge in [-0.1, -0.05) is 32.0 Å². The van der Waals surface area contributed by atoms with E-state index in [4.69, 9.17) is 5.11 Å². The van der Waals surface area contributed by atoms with Gasteiger partial charge in [-0.3, -0.25) is 4.79 Å². The number of carboxylic acids is 1. The molecule has 0 radical (unpaired) electrons. The summed E-state index contributed by atoms with van der Waals surface area (Å²) >= 11 is 0. The lowest BCUT2D eigenvalue weighted by atomic mass is 10.0. The number of aliphatic carboxylic acids is 1. The van der Waals surface area contributed by atoms with Crippen molar-refractivity contribution in [3.8, 4) is 0 Å². The Morgan fingerprint density at radius 1 is 1.17 bits per heavy atom. The first kappa shape index (κ1) is 14.0. The van der Waals surface area contributed by atoms with E-state index in [-0.39, 0.29) is 6.54 Å². The second-order valence-electron chi connectivity index (χ2n) is 3.86. The summed E-state index contributed by atoms with van der Waals surface area (Å²) in [6.45, 7) is 3.63. The Labute approximate surface area is 106 Å². The van der Waals surface area contributed by atoms with E-state index in [1.165, 1.54) is 0 Å². The third-order valence-electron chi connectivity index (χ3n) is 2.64. The van der Waals surface area contributed by atoms with Crippen LogP contribution in [0, 0.1) is 0 Å². The van der Waals surface area contributed by atoms with E-state index in [2.05, 4.69) is 10.6 Å². The van der Waals surface area contributed by atoms with Gasteiger partial charge in [-0.05, 0) is 24.0 Å². The average Bonchev–Trinajstić information content (AvgIpc) is 2.36. The van der Waals surface area contributed by atoms with Crippen LogP contribution in [-0.4, -0.2) is 23.7 Å². The van der Waals surface area contributed by atoms with Crippen LogP contribution in [0.5, 0.6) is 0 Å². The first-order valence-corrected chi connectivity index (χ1v) is 5.95. The van der Waals surface area contributed by atoms with Crippen molar-refractivity contribution in [2.24, 2.45) is 0 Å². The summed E-state index contributed by atoms with van der Waals surface area (Å²) in [5, 5.41) is 13.5. The molecule has 1 aromatic rings. The molecule has 2 amide bonds. The normalized spacial score (nSPS) is 9.89. The van der Waals surface area contributed by atoms with E-state index in [1.807, 2.05) is 32.0 Å². The molecule has 98 valence electrons. The zero-order valence-electron chi connectivity index (χ0n) is 10.6. The summed E-state index contributed by atoms with van der Waals surface area (Å²) in [6, 6.07) is 5.36. The predicted octanol–water partition coefficient (Wildman–Crippen LogP) is 2.02. The molecule has 0 aliphatic rings. The van der Waals surface area contributed by atoms with Gasteiger partial charge in [-0.15, -0.1) is 0 Å². The fraction of sp³-hybridized carbons (Fsp3) is 0.385. The Morgan fingerprint density at radius 3 is 2.17 bits per heavy atom. The highest BCUT2D eigenvalue weighted by Gasteiger charge is 2.10. The molecule has 5 nitrogen and oxygen atoms in total. The monoisotopic (exact) mass is 250 g/mol. The molecule has 5 heteroatoms. The number of aryl methyl sites for hydroxylation is 2. The quantitative estimate of drug-likeness (QED) is 0.748. The third kappa shape index (κ3) is 3.76. The van der Waals surface area contributed by atoms with Gasteiger partial charge in [0.15, 0.2) is 0 Å². The number of carbonyl (C=O) groups excluding carboxylic acids is 1. The van der Waals surface area contributed by atoms with E-state index in [0.717, 1.165) is 29.7 Å². The van der Waals surface area contributed by atoms with E-state index in [0.29, 0.717) is 0 Å². The van der Waals surface area contributed by atoms with Gasteiger partial charge in [0.05, 0.1) is 0 Å². The molecule has 18 heavy (non-hydrogen) atoms. The van der Waals surface area contributed by atoms with E-state index >= 15 is 0 Å². The van der Waals surface area contributed by atoms with Crippen LogP contribution in [0.2, 0.25) is 0 Å². The van der Waals surface area contributed by atoms with Crippen molar-refractivity contribution in [2.75, 3.05) is 11.9 Å². The first-order valence-electron chi connectivity index (χ1n) is 5.95. The largest absolute Gasteiger partial charge is 0.480 e. The Kier molecular flexibility index (Phi) is 5.17. The van der Waals surface area contributed by atoms with Gasteiger partial charge in [-0.2, -0.15) is 0 Å². The summed E-state index contributed by atoms with van der Waals surface area (Å²) in [4.78, 5) is 21.9. The maximum absolute atomic E-state index is 11.6. The molecule has 0 bridgehead atoms. The van der Waals surface area contributed by atoms with Crippen LogP contribution in [0.1, 0.15) is 25.0 Å². The summed E-state index contributed by atoms with van der Waals surface area (Å²) in [6.07, 6.45) is 1.62. The number of carbonyl (C=O) groups is 2. The van der Waals surface area contributed by atoms with Crippen molar-refractivity contribution >= 4 is 17.7 Å². The summed E-state index contributed by atoms with van der Waals surface area (Å²) < 4.78 is 0. The molecule has 0 aromatic heterocycles. The fourth-order valence-corrected chi connectivity index (χ4v) is 1.72. The zero-order valence-corrected chi connectivity index (χ0v) is 10.6. The number of nitrogens with one attached hydrogen (secondary N) is 2. The zero-order chi connectivity index (χ0) is 13.5. The molecule has 3 N–H and O–H groups in total. The van der Waals surface area contributed by atoms with Gasteiger partial charge in [0, 0.05) is 5.69 Å². The lowest BCUT2D eigenvalue weighted by molar-refractivity contribution is -0.135. The second kappa shape index (κ2) is 6.64. The summed E-state index contributed by atoms with van der Waals surface area (Å²) in [5.41, 5.74) is 2.87. The Morgan fingerprint density at radius 2 is 1.72 bits per heavy atom. The van der Waals surface area contributed by atoms with Crippen molar-refractivity contribution in [3.05, 3.63) is 29.3 Å². The minimum absolute atomic E-state index is 0.387. The van der Waals surface area contributed by atoms with Crippen molar-refractivity contribution in [1.82, 2.24) is 5.32 Å². The van der Waals surface area contributed by atoms with Gasteiger partial charge in [0.25, 0.3) is 0 Å². The number of carboxylic acid groups (broad SMARTS) is 1. The number of rotatable bonds is 5. The van der Waals surface area contributed by atoms with Gasteiger partial charge >= 0.3 is 12.0 Å². The summed E-state index contributed by atoms with van der Waals surface area (Å²) in [5.74, 6) is -1.07. The lowest BCUT2D eigenvalue weighted by Gasteiger charge is -2.14. The van der Waals surface area contributed by atoms with Crippen LogP contribution < -0.4 is 10.6 Å². The molecule has 0 atom stereocenters. The maximum atomic E-state index is 11.6. The smallest absolute Gasteiger partial charge is 0.323 e. The highest BCUT2D eigenvalue weighted by Crippen LogP contribution is 2.22. The van der Waals surface area contributed by atoms with Gasteiger partial charge in [0.1, 0.15) is 6.54 Å². The second-order valence-corrected chi connectivity index (χ2v) is 3.86. The molecule has 0 aliphatic carbocycles. The van der Waals surface area contributed by atoms with Gasteiger partial charge in [-0.25, -0.2) is 4.79 Å². The molecule has 0 fully saturated rings. The maximum Gasteiger partial charge on any atom is 0.323 e. The molecule has 0 spiro atoms. The topological polar surface area (TPSA) is 78.4 Å². The SMILES string of the molecule is CCc1cccc(CC)c1NC(=O)NCC(=O)O. The van der Waals surface area contributed by atoms with Crippen LogP contribution in [0.15, 0.2) is 18.2 Å². The van der Waals surface area contributed by atoms with Crippen molar-refractivity contribution in [3.63, 3.8) is 0 Å². The van der Waals surface area contributed by atoms with Crippen LogP contribution in [0.25, 0.3) is 0 Å². The Hall–Kier alpha value is -2.04. The highest BCUT2D eigenvalue weighted by molar-refractivity contribution is 5.92. The molecule has 0 heterocycles. The Balaban J connectivity index is 2.82. The molecule has 1 aromatic carbocycles. The molecule has 0 aliphatic heterocycles. The van der Waals surface area contributed by atoms with Gasteiger partial charge < -0.3 is 15.7 Å². The molecular formula is C13H18N2O3. The number of para-hydroxylation sites is 1. The van der Waals surface area contributed by atoms with Crippen molar-refractivity contribution in [2.45, 2.75) is 26.7 Å². The number of amides is 2. The lowest BCUT2D eigenvalue weighted by Crippen LogP contribution is -2.33. The van der Waals surface area contributed by atoms with Crippen molar-refractivity contribution in [1.29, 1.82) is 0 Å². The number of anilines is 1. The standard InChI is InChI=1S/C13H18N2O3/c1-3-9-6-5-7-10(4-2)12(9)15-13(18)14-8-11(16)17/h5-7H,3-4,8H2,1-2H3,(H,16,17)(H2,14,15,18). The average molecular weight is 250 g/mol. The van der Waals surface area contributed by atoms with Crippen LogP contribution in [-0.2, 0) is 17.6 Å². The van der Waals surface area contributed by atoms with Crippen LogP contribution >= 0.6 is 0 Å². The number of hydrogen-bond acceptors (Lipinski definition) is 2. The van der Waals surface area contributed by atoms with Crippen molar-refractivity contribution < 1.29 is 14.7 Å². The third-order valence-corrected chi connectivity index (χ3v) is 2.64. The molecule has 0 saturated carbocycles. The summed E-state index contributed by atoms with van der Waals surface area (Å²) in [7, 11) is 0. The van der Waals surface area contributed by atoms with Crippen LogP contribution in [0.3, 0.4) is 0 Å². The number of benzene rings is 1. The first-order chi connectivity index (χ1) is 8.58. The van der Waals surface area contributed by atoms with E-state index < -0.39 is 12.0 Å². The number of urea groups is 1. The number of hydrogen-bond donors (Lipinski definition) is 3.